The van der Waals surface area contributed by atoms with Crippen molar-refractivity contribution in [3.63, 3.8) is 0 Å². The van der Waals surface area contributed by atoms with Gasteiger partial charge in [0.1, 0.15) is 25.1 Å². The summed E-state index contributed by atoms with van der Waals surface area (Å²) in [5, 5.41) is 28.9. The molecule has 4 heteroatoms. The van der Waals surface area contributed by atoms with E-state index in [0.717, 1.165) is 38.8 Å². The molecule has 0 saturated carbocycles. The Kier molecular flexibility index (Phi) is 4.54. The van der Waals surface area contributed by atoms with Crippen molar-refractivity contribution >= 4 is 13.3 Å². The minimum Gasteiger partial charge on any atom is -0.508 e. The molecule has 0 aliphatic rings. The van der Waals surface area contributed by atoms with Gasteiger partial charge in [0.25, 0.3) is 0 Å². The summed E-state index contributed by atoms with van der Waals surface area (Å²) in [5.41, 5.74) is 7.28. The van der Waals surface area contributed by atoms with Gasteiger partial charge in [-0.15, -0.1) is 0 Å². The van der Waals surface area contributed by atoms with Gasteiger partial charge in [-0.25, -0.2) is 0 Å². The minimum absolute atomic E-state index is 0.230. The van der Waals surface area contributed by atoms with Crippen LogP contribution < -0.4 is 5.46 Å². The molecule has 0 fully saturated rings. The molecule has 0 aromatic heterocycles. The molecule has 0 unspecified atom stereocenters. The second-order valence-electron chi connectivity index (χ2n) is 6.84. The van der Waals surface area contributed by atoms with E-state index in [-0.39, 0.29) is 17.2 Å². The van der Waals surface area contributed by atoms with Crippen LogP contribution in [0.1, 0.15) is 0 Å². The summed E-state index contributed by atoms with van der Waals surface area (Å²) >= 11 is 0. The third-order valence-corrected chi connectivity index (χ3v) is 4.96. The molecule has 0 aliphatic carbocycles. The number of phenols is 3. The van der Waals surface area contributed by atoms with Gasteiger partial charge < -0.3 is 15.3 Å². The van der Waals surface area contributed by atoms with Crippen LogP contribution in [0.25, 0.3) is 33.4 Å². The lowest BCUT2D eigenvalue weighted by molar-refractivity contribution is 0.475. The second kappa shape index (κ2) is 7.16. The predicted octanol–water partition coefficient (Wildman–Crippen LogP) is 4.06. The second-order valence-corrected chi connectivity index (χ2v) is 6.84. The van der Waals surface area contributed by atoms with Crippen molar-refractivity contribution in [2.75, 3.05) is 0 Å². The zero-order valence-electron chi connectivity index (χ0n) is 15.4. The molecule has 136 valence electrons. The van der Waals surface area contributed by atoms with E-state index < -0.39 is 0 Å². The van der Waals surface area contributed by atoms with Gasteiger partial charge in [0, 0.05) is 0 Å². The van der Waals surface area contributed by atoms with Crippen molar-refractivity contribution in [1.29, 1.82) is 0 Å². The average Bonchev–Trinajstić information content (AvgIpc) is 2.70. The number of phenolic OH excluding ortho intramolecular Hbond substituents is 3. The Hall–Kier alpha value is -3.66. The summed E-state index contributed by atoms with van der Waals surface area (Å²) in [7, 11) is 2.07. The largest absolute Gasteiger partial charge is 0.508 e. The summed E-state index contributed by atoms with van der Waals surface area (Å²) in [6.07, 6.45) is 0. The van der Waals surface area contributed by atoms with Crippen molar-refractivity contribution in [3.8, 4) is 50.6 Å². The quantitative estimate of drug-likeness (QED) is 0.479. The highest BCUT2D eigenvalue weighted by Crippen LogP contribution is 2.32. The van der Waals surface area contributed by atoms with Crippen LogP contribution in [0.5, 0.6) is 17.2 Å². The maximum absolute atomic E-state index is 9.64. The van der Waals surface area contributed by atoms with Crippen molar-refractivity contribution in [2.24, 2.45) is 0 Å². The lowest BCUT2D eigenvalue weighted by Crippen LogP contribution is -2.11. The fourth-order valence-corrected chi connectivity index (χ4v) is 3.42. The summed E-state index contributed by atoms with van der Waals surface area (Å²) in [5.74, 6) is 0.693. The number of benzene rings is 4. The molecule has 0 radical (unpaired) electrons. The number of hydrogen-bond acceptors (Lipinski definition) is 3. The first kappa shape index (κ1) is 17.7. The molecular weight excluding hydrogens is 347 g/mol. The molecule has 4 rings (SSSR count). The molecule has 3 nitrogen and oxygen atoms in total. The zero-order chi connectivity index (χ0) is 19.7. The van der Waals surface area contributed by atoms with E-state index in [2.05, 4.69) is 20.0 Å². The van der Waals surface area contributed by atoms with Gasteiger partial charge in [-0.3, -0.25) is 0 Å². The molecule has 4 aromatic rings. The normalized spacial score (nSPS) is 10.7. The van der Waals surface area contributed by atoms with Crippen LogP contribution in [0.2, 0.25) is 0 Å². The van der Waals surface area contributed by atoms with Crippen LogP contribution in [-0.4, -0.2) is 23.2 Å². The van der Waals surface area contributed by atoms with Gasteiger partial charge in [-0.1, -0.05) is 41.9 Å². The zero-order valence-corrected chi connectivity index (χ0v) is 15.4. The van der Waals surface area contributed by atoms with E-state index in [9.17, 15) is 15.3 Å². The van der Waals surface area contributed by atoms with Crippen LogP contribution in [0, 0.1) is 0 Å². The van der Waals surface area contributed by atoms with Crippen LogP contribution in [-0.2, 0) is 0 Å². The fourth-order valence-electron chi connectivity index (χ4n) is 3.42. The Morgan fingerprint density at radius 3 is 1.11 bits per heavy atom. The first-order chi connectivity index (χ1) is 13.5. The summed E-state index contributed by atoms with van der Waals surface area (Å²) in [4.78, 5) is 0. The van der Waals surface area contributed by atoms with Gasteiger partial charge in [0.05, 0.1) is 0 Å². The lowest BCUT2D eigenvalue weighted by Gasteiger charge is -2.16. The molecule has 0 heterocycles. The smallest absolute Gasteiger partial charge is 0.140 e. The predicted molar refractivity (Wildman–Crippen MR) is 116 cm³/mol. The van der Waals surface area contributed by atoms with Crippen molar-refractivity contribution < 1.29 is 15.3 Å². The van der Waals surface area contributed by atoms with Gasteiger partial charge in [0.15, 0.2) is 0 Å². The highest BCUT2D eigenvalue weighted by molar-refractivity contribution is 6.39. The molecule has 3 N–H and O–H groups in total. The fraction of sp³-hybridized carbons (Fsp3) is 0. The summed E-state index contributed by atoms with van der Waals surface area (Å²) in [6, 6.07) is 25.7. The Morgan fingerprint density at radius 1 is 0.429 bits per heavy atom. The Bertz CT molecular complexity index is 1050. The van der Waals surface area contributed by atoms with Crippen LogP contribution >= 0.6 is 0 Å². The number of aromatic hydroxyl groups is 3. The number of rotatable bonds is 3. The molecular formula is C24H19BO3. The highest BCUT2D eigenvalue weighted by atomic mass is 16.3. The average molecular weight is 366 g/mol. The highest BCUT2D eigenvalue weighted by Gasteiger charge is 2.12. The van der Waals surface area contributed by atoms with Crippen LogP contribution in [0.15, 0.2) is 84.9 Å². The van der Waals surface area contributed by atoms with Gasteiger partial charge in [-0.05, 0) is 81.9 Å². The Labute approximate surface area is 164 Å². The molecule has 0 aliphatic heterocycles. The molecule has 0 saturated heterocycles. The van der Waals surface area contributed by atoms with E-state index in [4.69, 9.17) is 0 Å². The van der Waals surface area contributed by atoms with Crippen LogP contribution in [0.4, 0.5) is 0 Å². The van der Waals surface area contributed by atoms with Gasteiger partial charge in [-0.2, -0.15) is 0 Å². The van der Waals surface area contributed by atoms with E-state index in [1.165, 1.54) is 0 Å². The third kappa shape index (κ3) is 3.45. The van der Waals surface area contributed by atoms with E-state index in [1.54, 1.807) is 36.4 Å². The van der Waals surface area contributed by atoms with Gasteiger partial charge >= 0.3 is 0 Å². The number of hydrogen-bond donors (Lipinski definition) is 3. The Balaban J connectivity index is 1.95. The molecule has 0 bridgehead atoms. The van der Waals surface area contributed by atoms with Crippen LogP contribution in [0.3, 0.4) is 0 Å². The topological polar surface area (TPSA) is 60.7 Å². The minimum atomic E-state index is 0.230. The monoisotopic (exact) mass is 366 g/mol. The van der Waals surface area contributed by atoms with Crippen molar-refractivity contribution in [3.05, 3.63) is 84.9 Å². The third-order valence-electron chi connectivity index (χ3n) is 4.96. The maximum Gasteiger partial charge on any atom is 0.140 e. The first-order valence-corrected chi connectivity index (χ1v) is 9.04. The first-order valence-electron chi connectivity index (χ1n) is 9.04. The van der Waals surface area contributed by atoms with E-state index in [0.29, 0.717) is 0 Å². The molecule has 28 heavy (non-hydrogen) atoms. The molecule has 0 spiro atoms. The molecule has 0 amide bonds. The van der Waals surface area contributed by atoms with Gasteiger partial charge in [0.2, 0.25) is 0 Å². The summed E-state index contributed by atoms with van der Waals surface area (Å²) < 4.78 is 0. The van der Waals surface area contributed by atoms with Crippen molar-refractivity contribution in [2.45, 2.75) is 0 Å². The SMILES string of the molecule is Bc1c(-c2ccc(O)cc2)cc(-c2ccc(O)cc2)cc1-c1ccc(O)cc1. The lowest BCUT2D eigenvalue weighted by atomic mass is 9.79. The van der Waals surface area contributed by atoms with Crippen molar-refractivity contribution in [1.82, 2.24) is 0 Å². The van der Waals surface area contributed by atoms with E-state index >= 15 is 0 Å². The summed E-state index contributed by atoms with van der Waals surface area (Å²) in [6.45, 7) is 0. The Morgan fingerprint density at radius 2 is 0.750 bits per heavy atom. The van der Waals surface area contributed by atoms with E-state index in [1.807, 2.05) is 36.4 Å². The maximum atomic E-state index is 9.64. The standard InChI is InChI=1S/C24H19BO3/c25-24-22(16-3-9-20(27)10-4-16)13-18(15-1-7-19(26)8-2-15)14-23(24)17-5-11-21(28)12-6-17/h1-14,26-28H,25H2. The molecule has 4 aromatic carbocycles. The molecule has 0 atom stereocenters.